The molecule has 39 heavy (non-hydrogen) atoms. The van der Waals surface area contributed by atoms with Gasteiger partial charge < -0.3 is 31.5 Å². The van der Waals surface area contributed by atoms with Crippen LogP contribution >= 0.6 is 11.3 Å². The molecule has 0 radical (unpaired) electrons. The lowest BCUT2D eigenvalue weighted by atomic mass is 10.1. The first-order valence-corrected chi connectivity index (χ1v) is 12.6. The highest BCUT2D eigenvalue weighted by Crippen LogP contribution is 2.25. The van der Waals surface area contributed by atoms with Crippen molar-refractivity contribution in [2.24, 2.45) is 10.7 Å². The van der Waals surface area contributed by atoms with Crippen LogP contribution in [0.25, 0.3) is 0 Å². The summed E-state index contributed by atoms with van der Waals surface area (Å²) in [5, 5.41) is 23.7. The molecule has 0 aliphatic rings. The summed E-state index contributed by atoms with van der Waals surface area (Å²) in [7, 11) is 3.43. The maximum Gasteiger partial charge on any atom is 0.409 e. The Hall–Kier alpha value is -4.53. The van der Waals surface area contributed by atoms with Crippen LogP contribution in [0.5, 0.6) is 0 Å². The number of carbonyl (C=O) groups is 5. The van der Waals surface area contributed by atoms with Crippen molar-refractivity contribution in [3.63, 3.8) is 0 Å². The Morgan fingerprint density at radius 3 is 2.28 bits per heavy atom. The molecule has 0 fully saturated rings. The molecule has 0 unspecified atom stereocenters. The Bertz CT molecular complexity index is 1160. The molecule has 0 spiro atoms. The van der Waals surface area contributed by atoms with Gasteiger partial charge in [0.25, 0.3) is 5.91 Å². The number of carbonyl (C=O) groups excluding carboxylic acids is 3. The SMILES string of the molecule is CC(=O)Nc1nc(CCc2ccc(N=CNC(=O)O)cc2)c(C(=O)NCCCCC(=O)N(C)C)s1.NC(=O)O. The molecule has 14 nitrogen and oxygen atoms in total. The van der Waals surface area contributed by atoms with E-state index in [0.717, 1.165) is 23.2 Å². The number of hydrogen-bond donors (Lipinski definition) is 6. The van der Waals surface area contributed by atoms with Gasteiger partial charge in [-0.1, -0.05) is 23.5 Å². The molecule has 212 valence electrons. The second kappa shape index (κ2) is 17.1. The standard InChI is InChI=1S/C23H30N6O5S.CH3NO2/c1-15(30)27-22-28-18(12-9-16-7-10-17(11-8-16)25-14-26-23(33)34)20(35-22)21(32)24-13-5-4-6-19(31)29(2)3;2-1(3)4/h7-8,10-11,14H,4-6,9,12-13H2,1-3H3,(H,24,32)(H,25,26)(H,33,34)(H,27,28,30);2H2,(H,3,4). The minimum absolute atomic E-state index is 0.0535. The normalized spacial score (nSPS) is 10.2. The van der Waals surface area contributed by atoms with Crippen molar-refractivity contribution in [3.05, 3.63) is 40.4 Å². The number of carboxylic acid groups (broad SMARTS) is 2. The van der Waals surface area contributed by atoms with E-state index >= 15 is 0 Å². The molecule has 15 heteroatoms. The maximum atomic E-state index is 12.8. The van der Waals surface area contributed by atoms with Crippen molar-refractivity contribution in [3.8, 4) is 0 Å². The van der Waals surface area contributed by atoms with Crippen molar-refractivity contribution in [1.82, 2.24) is 20.5 Å². The molecule has 0 aliphatic carbocycles. The van der Waals surface area contributed by atoms with Gasteiger partial charge in [0.2, 0.25) is 11.8 Å². The van der Waals surface area contributed by atoms with Gasteiger partial charge >= 0.3 is 12.2 Å². The lowest BCUT2D eigenvalue weighted by Gasteiger charge is -2.10. The third-order valence-electron chi connectivity index (χ3n) is 4.78. The minimum Gasteiger partial charge on any atom is -0.465 e. The van der Waals surface area contributed by atoms with E-state index < -0.39 is 12.2 Å². The molecule has 0 aliphatic heterocycles. The first-order chi connectivity index (χ1) is 18.4. The summed E-state index contributed by atoms with van der Waals surface area (Å²) in [6.45, 7) is 1.82. The van der Waals surface area contributed by atoms with E-state index in [4.69, 9.17) is 15.0 Å². The fourth-order valence-corrected chi connectivity index (χ4v) is 3.96. The second-order valence-corrected chi connectivity index (χ2v) is 9.19. The lowest BCUT2D eigenvalue weighted by Crippen LogP contribution is -2.25. The van der Waals surface area contributed by atoms with E-state index in [1.165, 1.54) is 6.92 Å². The fourth-order valence-electron chi connectivity index (χ4n) is 2.98. The summed E-state index contributed by atoms with van der Waals surface area (Å²) in [5.74, 6) is -0.474. The predicted octanol–water partition coefficient (Wildman–Crippen LogP) is 2.43. The molecule has 0 atom stereocenters. The highest BCUT2D eigenvalue weighted by Gasteiger charge is 2.18. The van der Waals surface area contributed by atoms with Gasteiger partial charge in [0.15, 0.2) is 5.13 Å². The number of nitrogens with zero attached hydrogens (tertiary/aromatic N) is 3. The smallest absolute Gasteiger partial charge is 0.409 e. The van der Waals surface area contributed by atoms with E-state index in [1.54, 1.807) is 31.1 Å². The predicted molar refractivity (Wildman–Crippen MR) is 147 cm³/mol. The zero-order valence-electron chi connectivity index (χ0n) is 21.9. The first-order valence-electron chi connectivity index (χ1n) is 11.7. The van der Waals surface area contributed by atoms with Crippen LogP contribution in [0.3, 0.4) is 0 Å². The highest BCUT2D eigenvalue weighted by atomic mass is 32.1. The molecule has 1 heterocycles. The van der Waals surface area contributed by atoms with Gasteiger partial charge in [0, 0.05) is 34.0 Å². The zero-order chi connectivity index (χ0) is 29.4. The Labute approximate surface area is 229 Å². The number of anilines is 1. The molecule has 0 saturated carbocycles. The van der Waals surface area contributed by atoms with E-state index in [0.29, 0.717) is 60.0 Å². The van der Waals surface area contributed by atoms with Crippen LogP contribution < -0.4 is 21.7 Å². The van der Waals surface area contributed by atoms with Crippen LogP contribution in [0.4, 0.5) is 20.4 Å². The number of nitrogens with two attached hydrogens (primary N) is 1. The molecule has 1 aromatic carbocycles. The Kier molecular flexibility index (Phi) is 14.2. The van der Waals surface area contributed by atoms with Crippen molar-refractivity contribution in [2.45, 2.75) is 39.0 Å². The summed E-state index contributed by atoms with van der Waals surface area (Å²) in [4.78, 5) is 65.5. The Morgan fingerprint density at radius 2 is 1.72 bits per heavy atom. The van der Waals surface area contributed by atoms with Crippen LogP contribution in [0.15, 0.2) is 29.3 Å². The maximum absolute atomic E-state index is 12.8. The number of benzene rings is 1. The third kappa shape index (κ3) is 14.1. The number of aryl methyl sites for hydroxylation is 2. The summed E-state index contributed by atoms with van der Waals surface area (Å²) in [6.07, 6.45) is 1.45. The molecule has 0 bridgehead atoms. The van der Waals surface area contributed by atoms with E-state index in [2.05, 4.69) is 31.7 Å². The lowest BCUT2D eigenvalue weighted by molar-refractivity contribution is -0.128. The molecule has 5 amide bonds. The van der Waals surface area contributed by atoms with E-state index in [1.807, 2.05) is 12.1 Å². The van der Waals surface area contributed by atoms with Gasteiger partial charge in [-0.25, -0.2) is 19.6 Å². The number of aromatic nitrogens is 1. The Morgan fingerprint density at radius 1 is 1.08 bits per heavy atom. The molecular formula is C24H33N7O7S. The average molecular weight is 564 g/mol. The number of thiazole rings is 1. The quantitative estimate of drug-likeness (QED) is 0.128. The Balaban J connectivity index is 0.00000177. The summed E-state index contributed by atoms with van der Waals surface area (Å²) in [5.41, 5.74) is 6.20. The van der Waals surface area contributed by atoms with Gasteiger partial charge in [0.05, 0.1) is 17.7 Å². The third-order valence-corrected chi connectivity index (χ3v) is 5.79. The van der Waals surface area contributed by atoms with Crippen LogP contribution in [0, 0.1) is 0 Å². The van der Waals surface area contributed by atoms with Gasteiger partial charge in [-0.15, -0.1) is 0 Å². The van der Waals surface area contributed by atoms with Crippen molar-refractivity contribution >= 4 is 58.4 Å². The summed E-state index contributed by atoms with van der Waals surface area (Å²) in [6, 6.07) is 7.24. The van der Waals surface area contributed by atoms with Crippen LogP contribution in [0.1, 0.15) is 47.1 Å². The monoisotopic (exact) mass is 563 g/mol. The zero-order valence-corrected chi connectivity index (χ0v) is 22.7. The minimum atomic E-state index is -1.33. The molecule has 2 rings (SSSR count). The number of rotatable bonds is 12. The first kappa shape index (κ1) is 32.5. The molecule has 7 N–H and O–H groups in total. The van der Waals surface area contributed by atoms with Gasteiger partial charge in [-0.3, -0.25) is 19.7 Å². The van der Waals surface area contributed by atoms with Gasteiger partial charge in [-0.2, -0.15) is 0 Å². The topological polar surface area (TPSA) is 216 Å². The highest BCUT2D eigenvalue weighted by molar-refractivity contribution is 7.17. The van der Waals surface area contributed by atoms with Crippen LogP contribution in [-0.2, 0) is 22.4 Å². The van der Waals surface area contributed by atoms with Crippen LogP contribution in [-0.4, -0.2) is 77.0 Å². The number of primary amides is 1. The van der Waals surface area contributed by atoms with Crippen molar-refractivity contribution in [2.75, 3.05) is 26.0 Å². The van der Waals surface area contributed by atoms with Crippen LogP contribution in [0.2, 0.25) is 0 Å². The largest absolute Gasteiger partial charge is 0.465 e. The number of aliphatic imine (C=N–C) groups is 1. The second-order valence-electron chi connectivity index (χ2n) is 8.19. The fraction of sp³-hybridized carbons (Fsp3) is 0.375. The van der Waals surface area contributed by atoms with Crippen molar-refractivity contribution < 1.29 is 34.2 Å². The van der Waals surface area contributed by atoms with E-state index in [-0.39, 0.29) is 17.7 Å². The summed E-state index contributed by atoms with van der Waals surface area (Å²) < 4.78 is 0. The van der Waals surface area contributed by atoms with Gasteiger partial charge in [0.1, 0.15) is 4.88 Å². The summed E-state index contributed by atoms with van der Waals surface area (Å²) >= 11 is 1.13. The van der Waals surface area contributed by atoms with Gasteiger partial charge in [-0.05, 0) is 43.4 Å². The average Bonchev–Trinajstić information content (AvgIpc) is 3.24. The number of hydrogen-bond acceptors (Lipinski definition) is 8. The number of unbranched alkanes of at least 4 members (excludes halogenated alkanes) is 1. The molecule has 0 saturated heterocycles. The van der Waals surface area contributed by atoms with E-state index in [9.17, 15) is 19.2 Å². The number of amides is 5. The number of nitrogens with one attached hydrogen (secondary N) is 3. The molecular weight excluding hydrogens is 530 g/mol. The van der Waals surface area contributed by atoms with Crippen molar-refractivity contribution in [1.29, 1.82) is 0 Å². The molecule has 1 aromatic heterocycles. The molecule has 2 aromatic rings.